The molecule has 166 valence electrons. The molecule has 0 atom stereocenters. The Morgan fingerprint density at radius 2 is 1.65 bits per heavy atom. The lowest BCUT2D eigenvalue weighted by molar-refractivity contribution is -0.138. The average Bonchev–Trinajstić information content (AvgIpc) is 2.77. The normalized spacial score (nSPS) is 15.8. The summed E-state index contributed by atoms with van der Waals surface area (Å²) in [6, 6.07) is 14.5. The number of carbonyl (C=O) groups is 1. The van der Waals surface area contributed by atoms with Gasteiger partial charge >= 0.3 is 5.97 Å². The first-order valence-electron chi connectivity index (χ1n) is 10.3. The zero-order chi connectivity index (χ0) is 22.5. The van der Waals surface area contributed by atoms with Crippen LogP contribution in [0.25, 0.3) is 6.08 Å². The Morgan fingerprint density at radius 3 is 2.23 bits per heavy atom. The molecule has 2 aromatic carbocycles. The van der Waals surface area contributed by atoms with Gasteiger partial charge in [-0.2, -0.15) is 4.31 Å². The standard InChI is InChI=1S/C24H29NO5S/c1-24(2,3)21-9-4-20(5-10-21)18-30-23(26)13-8-19-6-11-22(12-7-19)31(27,28)25-14-16-29-17-15-25/h4-13H,14-18H2,1-3H3/b13-8+. The van der Waals surface area contributed by atoms with Crippen molar-refractivity contribution >= 4 is 22.1 Å². The fraction of sp³-hybridized carbons (Fsp3) is 0.375. The van der Waals surface area contributed by atoms with Crippen LogP contribution in [0.1, 0.15) is 37.5 Å². The monoisotopic (exact) mass is 443 g/mol. The SMILES string of the molecule is CC(C)(C)c1ccc(COC(=O)/C=C/c2ccc(S(=O)(=O)N3CCOCC3)cc2)cc1. The van der Waals surface area contributed by atoms with Gasteiger partial charge in [-0.3, -0.25) is 0 Å². The lowest BCUT2D eigenvalue weighted by atomic mass is 9.87. The number of carbonyl (C=O) groups excluding carboxylic acids is 1. The van der Waals surface area contributed by atoms with E-state index < -0.39 is 16.0 Å². The van der Waals surface area contributed by atoms with Gasteiger partial charge in [-0.05, 0) is 40.3 Å². The molecule has 6 nitrogen and oxygen atoms in total. The minimum atomic E-state index is -3.52. The van der Waals surface area contributed by atoms with Crippen LogP contribution in [0, 0.1) is 0 Å². The van der Waals surface area contributed by atoms with Crippen LogP contribution in [0.3, 0.4) is 0 Å². The minimum absolute atomic E-state index is 0.0784. The van der Waals surface area contributed by atoms with Crippen LogP contribution in [0.5, 0.6) is 0 Å². The number of esters is 1. The van der Waals surface area contributed by atoms with Gasteiger partial charge in [0.2, 0.25) is 10.0 Å². The van der Waals surface area contributed by atoms with Crippen molar-refractivity contribution in [1.29, 1.82) is 0 Å². The van der Waals surface area contributed by atoms with E-state index in [4.69, 9.17) is 9.47 Å². The van der Waals surface area contributed by atoms with E-state index in [1.165, 1.54) is 15.9 Å². The molecule has 0 bridgehead atoms. The molecule has 31 heavy (non-hydrogen) atoms. The fourth-order valence-electron chi connectivity index (χ4n) is 3.15. The maximum Gasteiger partial charge on any atom is 0.331 e. The van der Waals surface area contributed by atoms with Crippen molar-refractivity contribution < 1.29 is 22.7 Å². The number of nitrogens with zero attached hydrogens (tertiary/aromatic N) is 1. The molecule has 1 heterocycles. The quantitative estimate of drug-likeness (QED) is 0.502. The summed E-state index contributed by atoms with van der Waals surface area (Å²) in [5.41, 5.74) is 2.94. The first-order valence-corrected chi connectivity index (χ1v) is 11.7. The van der Waals surface area contributed by atoms with Gasteiger partial charge < -0.3 is 9.47 Å². The van der Waals surface area contributed by atoms with Crippen LogP contribution in [0.2, 0.25) is 0 Å². The van der Waals surface area contributed by atoms with Gasteiger partial charge in [0.1, 0.15) is 6.61 Å². The summed E-state index contributed by atoms with van der Waals surface area (Å²) in [6.07, 6.45) is 2.95. The van der Waals surface area contributed by atoms with E-state index in [9.17, 15) is 13.2 Å². The Bertz CT molecular complexity index is 1010. The van der Waals surface area contributed by atoms with Crippen molar-refractivity contribution in [3.63, 3.8) is 0 Å². The van der Waals surface area contributed by atoms with Crippen LogP contribution >= 0.6 is 0 Å². The molecule has 1 aliphatic heterocycles. The molecule has 0 radical (unpaired) electrons. The Labute approximate surface area is 184 Å². The first kappa shape index (κ1) is 23.2. The van der Waals surface area contributed by atoms with Gasteiger partial charge in [0.05, 0.1) is 18.1 Å². The highest BCUT2D eigenvalue weighted by Crippen LogP contribution is 2.22. The first-order chi connectivity index (χ1) is 14.7. The van der Waals surface area contributed by atoms with E-state index in [1.54, 1.807) is 30.3 Å². The minimum Gasteiger partial charge on any atom is -0.458 e. The Kier molecular flexibility index (Phi) is 7.30. The van der Waals surface area contributed by atoms with E-state index >= 15 is 0 Å². The van der Waals surface area contributed by atoms with Crippen LogP contribution in [-0.2, 0) is 36.3 Å². The zero-order valence-electron chi connectivity index (χ0n) is 18.2. The average molecular weight is 444 g/mol. The Balaban J connectivity index is 1.54. The van der Waals surface area contributed by atoms with Crippen molar-refractivity contribution in [3.8, 4) is 0 Å². The summed E-state index contributed by atoms with van der Waals surface area (Å²) in [5.74, 6) is -0.454. The van der Waals surface area contributed by atoms with Gasteiger partial charge in [0.25, 0.3) is 0 Å². The van der Waals surface area contributed by atoms with Crippen LogP contribution < -0.4 is 0 Å². The smallest absolute Gasteiger partial charge is 0.331 e. The number of hydrogen-bond donors (Lipinski definition) is 0. The molecule has 3 rings (SSSR count). The van der Waals surface area contributed by atoms with Crippen LogP contribution in [0.15, 0.2) is 59.5 Å². The highest BCUT2D eigenvalue weighted by Gasteiger charge is 2.25. The molecule has 0 unspecified atom stereocenters. The number of ether oxygens (including phenoxy) is 2. The van der Waals surface area contributed by atoms with E-state index in [2.05, 4.69) is 20.8 Å². The molecule has 0 saturated carbocycles. The van der Waals surface area contributed by atoms with Crippen molar-refractivity contribution in [1.82, 2.24) is 4.31 Å². The van der Waals surface area contributed by atoms with Gasteiger partial charge in [0.15, 0.2) is 0 Å². The lowest BCUT2D eigenvalue weighted by Crippen LogP contribution is -2.40. The molecule has 0 N–H and O–H groups in total. The molecule has 0 spiro atoms. The third kappa shape index (κ3) is 6.26. The largest absolute Gasteiger partial charge is 0.458 e. The topological polar surface area (TPSA) is 72.9 Å². The van der Waals surface area contributed by atoms with Crippen molar-refractivity contribution in [3.05, 3.63) is 71.3 Å². The summed E-state index contributed by atoms with van der Waals surface area (Å²) < 4.78 is 37.2. The second-order valence-electron chi connectivity index (χ2n) is 8.47. The zero-order valence-corrected chi connectivity index (χ0v) is 19.0. The highest BCUT2D eigenvalue weighted by atomic mass is 32.2. The molecule has 0 amide bonds. The second kappa shape index (κ2) is 9.77. The van der Waals surface area contributed by atoms with E-state index in [-0.39, 0.29) is 16.9 Å². The summed E-state index contributed by atoms with van der Waals surface area (Å²) in [7, 11) is -3.52. The number of rotatable bonds is 6. The molecule has 1 fully saturated rings. The van der Waals surface area contributed by atoms with E-state index in [1.807, 2.05) is 24.3 Å². The number of sulfonamides is 1. The molecular weight excluding hydrogens is 414 g/mol. The summed E-state index contributed by atoms with van der Waals surface area (Å²) in [4.78, 5) is 12.3. The highest BCUT2D eigenvalue weighted by molar-refractivity contribution is 7.89. The maximum absolute atomic E-state index is 12.6. The van der Waals surface area contributed by atoms with Gasteiger partial charge in [0, 0.05) is 19.2 Å². The third-order valence-electron chi connectivity index (χ3n) is 5.10. The molecule has 1 aliphatic rings. The van der Waals surface area contributed by atoms with Gasteiger partial charge in [-0.25, -0.2) is 13.2 Å². The second-order valence-corrected chi connectivity index (χ2v) is 10.4. The maximum atomic E-state index is 12.6. The molecule has 0 aromatic heterocycles. The summed E-state index contributed by atoms with van der Waals surface area (Å²) in [5, 5.41) is 0. The van der Waals surface area contributed by atoms with Gasteiger partial charge in [-0.1, -0.05) is 57.2 Å². The predicted octanol–water partition coefficient (Wildman–Crippen LogP) is 3.76. The predicted molar refractivity (Wildman–Crippen MR) is 120 cm³/mol. The number of benzene rings is 2. The molecule has 0 aliphatic carbocycles. The van der Waals surface area contributed by atoms with E-state index in [0.717, 1.165) is 5.56 Å². The summed E-state index contributed by atoms with van der Waals surface area (Å²) >= 11 is 0. The molecule has 2 aromatic rings. The van der Waals surface area contributed by atoms with Crippen LogP contribution in [-0.4, -0.2) is 45.0 Å². The summed E-state index contributed by atoms with van der Waals surface area (Å²) in [6.45, 7) is 8.17. The molecule has 1 saturated heterocycles. The lowest BCUT2D eigenvalue weighted by Gasteiger charge is -2.26. The van der Waals surface area contributed by atoms with Crippen molar-refractivity contribution in [2.24, 2.45) is 0 Å². The van der Waals surface area contributed by atoms with Crippen molar-refractivity contribution in [2.45, 2.75) is 37.7 Å². The molecular formula is C24H29NO5S. The number of morpholine rings is 1. The Hall–Kier alpha value is -2.48. The van der Waals surface area contributed by atoms with Crippen molar-refractivity contribution in [2.75, 3.05) is 26.3 Å². The Morgan fingerprint density at radius 1 is 1.03 bits per heavy atom. The van der Waals surface area contributed by atoms with Gasteiger partial charge in [-0.15, -0.1) is 0 Å². The fourth-order valence-corrected chi connectivity index (χ4v) is 4.56. The van der Waals surface area contributed by atoms with Crippen LogP contribution in [0.4, 0.5) is 0 Å². The third-order valence-corrected chi connectivity index (χ3v) is 7.01. The van der Waals surface area contributed by atoms with E-state index in [0.29, 0.717) is 31.9 Å². The number of hydrogen-bond acceptors (Lipinski definition) is 5. The molecule has 7 heteroatoms.